The summed E-state index contributed by atoms with van der Waals surface area (Å²) < 4.78 is 0. The molecule has 0 saturated carbocycles. The Morgan fingerprint density at radius 2 is 1.57 bits per heavy atom. The van der Waals surface area contributed by atoms with Crippen molar-refractivity contribution in [3.05, 3.63) is 65.7 Å². The van der Waals surface area contributed by atoms with E-state index in [0.717, 1.165) is 5.56 Å². The molecular weight excluding hydrogens is 358 g/mol. The van der Waals surface area contributed by atoms with E-state index in [2.05, 4.69) is 10.6 Å². The summed E-state index contributed by atoms with van der Waals surface area (Å²) in [5, 5.41) is 14.4. The van der Waals surface area contributed by atoms with Gasteiger partial charge < -0.3 is 10.6 Å². The minimum Gasteiger partial charge on any atom is -0.348 e. The maximum Gasteiger partial charge on any atom is 0.255 e. The maximum atomic E-state index is 12.6. The number of para-hydroxylation sites is 1. The molecule has 148 valence electrons. The van der Waals surface area contributed by atoms with Crippen molar-refractivity contribution < 1.29 is 19.6 Å². The fourth-order valence-corrected chi connectivity index (χ4v) is 2.77. The molecule has 0 spiro atoms. The number of benzene rings is 2. The molecule has 0 saturated heterocycles. The molecule has 7 heteroatoms. The van der Waals surface area contributed by atoms with Crippen molar-refractivity contribution >= 4 is 23.4 Å². The molecular formula is C21H25N3O4. The van der Waals surface area contributed by atoms with Crippen LogP contribution in [0.4, 0.5) is 5.69 Å². The molecule has 28 heavy (non-hydrogen) atoms. The Labute approximate surface area is 164 Å². The van der Waals surface area contributed by atoms with E-state index >= 15 is 0 Å². The standard InChI is InChI=1S/C21H25N3O4/c1-14(2)12-17(21(27)24-28)20(26)23-18-11-7-6-10-16(18)19(25)22-13-15-8-4-3-5-9-15/h3-11,14,17,28H,12-13H2,1-2H3,(H,22,25)(H,23,26)(H,24,27)/t17-/m0/s1. The Morgan fingerprint density at radius 1 is 0.929 bits per heavy atom. The van der Waals surface area contributed by atoms with Gasteiger partial charge in [-0.05, 0) is 30.0 Å². The van der Waals surface area contributed by atoms with Crippen molar-refractivity contribution in [3.8, 4) is 0 Å². The van der Waals surface area contributed by atoms with Gasteiger partial charge in [0, 0.05) is 6.54 Å². The number of hydroxylamine groups is 1. The first-order valence-electron chi connectivity index (χ1n) is 9.08. The second-order valence-corrected chi connectivity index (χ2v) is 6.86. The van der Waals surface area contributed by atoms with E-state index in [0.29, 0.717) is 17.8 Å². The van der Waals surface area contributed by atoms with Crippen molar-refractivity contribution in [2.24, 2.45) is 11.8 Å². The minimum atomic E-state index is -1.06. The molecule has 2 rings (SSSR count). The third-order valence-electron chi connectivity index (χ3n) is 4.18. The smallest absolute Gasteiger partial charge is 0.255 e. The Hall–Kier alpha value is -3.19. The highest BCUT2D eigenvalue weighted by Crippen LogP contribution is 2.19. The van der Waals surface area contributed by atoms with Crippen LogP contribution >= 0.6 is 0 Å². The van der Waals surface area contributed by atoms with Crippen LogP contribution in [-0.2, 0) is 16.1 Å². The first-order chi connectivity index (χ1) is 13.4. The Morgan fingerprint density at radius 3 is 2.21 bits per heavy atom. The first-order valence-corrected chi connectivity index (χ1v) is 9.08. The molecule has 0 aliphatic rings. The van der Waals surface area contributed by atoms with E-state index in [4.69, 9.17) is 5.21 Å². The van der Waals surface area contributed by atoms with Gasteiger partial charge in [-0.3, -0.25) is 19.6 Å². The van der Waals surface area contributed by atoms with E-state index in [-0.39, 0.29) is 18.2 Å². The molecule has 2 aromatic rings. The van der Waals surface area contributed by atoms with Gasteiger partial charge in [-0.2, -0.15) is 0 Å². The molecule has 0 unspecified atom stereocenters. The largest absolute Gasteiger partial charge is 0.348 e. The number of carbonyl (C=O) groups is 3. The summed E-state index contributed by atoms with van der Waals surface area (Å²) in [5.41, 5.74) is 3.08. The van der Waals surface area contributed by atoms with E-state index in [1.54, 1.807) is 24.3 Å². The average Bonchev–Trinajstić information content (AvgIpc) is 2.70. The first kappa shape index (κ1) is 21.1. The summed E-state index contributed by atoms with van der Waals surface area (Å²) in [6, 6.07) is 16.0. The van der Waals surface area contributed by atoms with Crippen LogP contribution in [0.2, 0.25) is 0 Å². The summed E-state index contributed by atoms with van der Waals surface area (Å²) in [4.78, 5) is 37.0. The maximum absolute atomic E-state index is 12.6. The number of carbonyl (C=O) groups excluding carboxylic acids is 3. The lowest BCUT2D eigenvalue weighted by Gasteiger charge is -2.18. The van der Waals surface area contributed by atoms with Gasteiger partial charge in [0.05, 0.1) is 11.3 Å². The SMILES string of the molecule is CC(C)C[C@H](C(=O)NO)C(=O)Nc1ccccc1C(=O)NCc1ccccc1. The Balaban J connectivity index is 2.12. The zero-order valence-corrected chi connectivity index (χ0v) is 15.9. The number of nitrogens with one attached hydrogen (secondary N) is 3. The number of rotatable bonds is 8. The molecule has 1 atom stereocenters. The second kappa shape index (κ2) is 10.2. The van der Waals surface area contributed by atoms with Crippen molar-refractivity contribution in [2.45, 2.75) is 26.8 Å². The highest BCUT2D eigenvalue weighted by molar-refractivity contribution is 6.09. The van der Waals surface area contributed by atoms with Crippen LogP contribution in [0.15, 0.2) is 54.6 Å². The number of amides is 3. The van der Waals surface area contributed by atoms with Crippen LogP contribution < -0.4 is 16.1 Å². The third-order valence-corrected chi connectivity index (χ3v) is 4.18. The zero-order valence-electron chi connectivity index (χ0n) is 15.9. The second-order valence-electron chi connectivity index (χ2n) is 6.86. The lowest BCUT2D eigenvalue weighted by atomic mass is 9.95. The van der Waals surface area contributed by atoms with Crippen molar-refractivity contribution in [1.29, 1.82) is 0 Å². The average molecular weight is 383 g/mol. The Bertz CT molecular complexity index is 821. The number of anilines is 1. The van der Waals surface area contributed by atoms with Crippen molar-refractivity contribution in [2.75, 3.05) is 5.32 Å². The van der Waals surface area contributed by atoms with Gasteiger partial charge in [0.15, 0.2) is 0 Å². The molecule has 0 aliphatic heterocycles. The molecule has 0 fully saturated rings. The van der Waals surface area contributed by atoms with Gasteiger partial charge in [-0.15, -0.1) is 0 Å². The highest BCUT2D eigenvalue weighted by Gasteiger charge is 2.28. The molecule has 7 nitrogen and oxygen atoms in total. The van der Waals surface area contributed by atoms with Crippen LogP contribution in [0.3, 0.4) is 0 Å². The van der Waals surface area contributed by atoms with Gasteiger partial charge >= 0.3 is 0 Å². The molecule has 0 aromatic heterocycles. The van der Waals surface area contributed by atoms with Crippen LogP contribution in [-0.4, -0.2) is 22.9 Å². The van der Waals surface area contributed by atoms with Crippen LogP contribution in [0, 0.1) is 11.8 Å². The molecule has 0 heterocycles. The highest BCUT2D eigenvalue weighted by atomic mass is 16.5. The quantitative estimate of drug-likeness (QED) is 0.319. The lowest BCUT2D eigenvalue weighted by Crippen LogP contribution is -2.38. The molecule has 4 N–H and O–H groups in total. The van der Waals surface area contributed by atoms with Crippen LogP contribution in [0.1, 0.15) is 36.2 Å². The minimum absolute atomic E-state index is 0.0671. The van der Waals surface area contributed by atoms with Crippen molar-refractivity contribution in [3.63, 3.8) is 0 Å². The normalized spacial score (nSPS) is 11.6. The van der Waals surface area contributed by atoms with E-state index in [1.807, 2.05) is 44.2 Å². The summed E-state index contributed by atoms with van der Waals surface area (Å²) in [6.45, 7) is 4.09. The monoisotopic (exact) mass is 383 g/mol. The zero-order chi connectivity index (χ0) is 20.5. The predicted molar refractivity (Wildman–Crippen MR) is 106 cm³/mol. The van der Waals surface area contributed by atoms with Crippen LogP contribution in [0.25, 0.3) is 0 Å². The summed E-state index contributed by atoms with van der Waals surface area (Å²) in [6.07, 6.45) is 0.264. The molecule has 0 radical (unpaired) electrons. The van der Waals surface area contributed by atoms with Gasteiger partial charge in [-0.1, -0.05) is 56.3 Å². The molecule has 2 aromatic carbocycles. The van der Waals surface area contributed by atoms with Crippen molar-refractivity contribution in [1.82, 2.24) is 10.8 Å². The summed E-state index contributed by atoms with van der Waals surface area (Å²) >= 11 is 0. The van der Waals surface area contributed by atoms with Gasteiger partial charge in [-0.25, -0.2) is 5.48 Å². The fraction of sp³-hybridized carbons (Fsp3) is 0.286. The van der Waals surface area contributed by atoms with Crippen LogP contribution in [0.5, 0.6) is 0 Å². The van der Waals surface area contributed by atoms with Gasteiger partial charge in [0.2, 0.25) is 5.91 Å². The van der Waals surface area contributed by atoms with Gasteiger partial charge in [0.1, 0.15) is 5.92 Å². The molecule has 0 bridgehead atoms. The predicted octanol–water partition coefficient (Wildman–Crippen LogP) is 2.72. The summed E-state index contributed by atoms with van der Waals surface area (Å²) in [7, 11) is 0. The number of hydrogen-bond acceptors (Lipinski definition) is 4. The third kappa shape index (κ3) is 5.92. The lowest BCUT2D eigenvalue weighted by molar-refractivity contribution is -0.139. The van der Waals surface area contributed by atoms with E-state index in [9.17, 15) is 14.4 Å². The molecule has 0 aliphatic carbocycles. The molecule has 3 amide bonds. The van der Waals surface area contributed by atoms with E-state index in [1.165, 1.54) is 5.48 Å². The Kier molecular flexibility index (Phi) is 7.71. The van der Waals surface area contributed by atoms with E-state index < -0.39 is 17.7 Å². The van der Waals surface area contributed by atoms with Gasteiger partial charge in [0.25, 0.3) is 11.8 Å². The number of hydrogen-bond donors (Lipinski definition) is 4. The fourth-order valence-electron chi connectivity index (χ4n) is 2.77. The summed E-state index contributed by atoms with van der Waals surface area (Å²) in [5.74, 6) is -2.70. The topological polar surface area (TPSA) is 108 Å².